The first-order valence-electron chi connectivity index (χ1n) is 5.05. The molecular formula is C12H9BrN2O2S. The molecule has 2 rings (SSSR count). The fourth-order valence-corrected chi connectivity index (χ4v) is 3.86. The van der Waals surface area contributed by atoms with Crippen LogP contribution < -0.4 is 0 Å². The summed E-state index contributed by atoms with van der Waals surface area (Å²) < 4.78 is 26.3. The molecule has 0 saturated heterocycles. The lowest BCUT2D eigenvalue weighted by Crippen LogP contribution is -2.12. The fourth-order valence-electron chi connectivity index (χ4n) is 1.53. The van der Waals surface area contributed by atoms with Gasteiger partial charge in [0.25, 0.3) is 10.0 Å². The monoisotopic (exact) mass is 324 g/mol. The third-order valence-corrected chi connectivity index (χ3v) is 4.95. The summed E-state index contributed by atoms with van der Waals surface area (Å²) in [6.07, 6.45) is 1.54. The van der Waals surface area contributed by atoms with Crippen molar-refractivity contribution in [1.82, 2.24) is 3.97 Å². The molecule has 0 aliphatic heterocycles. The topological polar surface area (TPSA) is 62.9 Å². The van der Waals surface area contributed by atoms with Gasteiger partial charge in [0.1, 0.15) is 0 Å². The first kappa shape index (κ1) is 12.9. The molecular weight excluding hydrogens is 316 g/mol. The SMILES string of the molecule is Cc1cc(Br)n(S(=O)(=O)c2ccc(C#N)cc2)c1. The van der Waals surface area contributed by atoms with E-state index in [4.69, 9.17) is 5.26 Å². The standard InChI is InChI=1S/C12H9BrN2O2S/c1-9-6-12(13)15(8-9)18(16,17)11-4-2-10(7-14)3-5-11/h2-6,8H,1H3. The van der Waals surface area contributed by atoms with Crippen LogP contribution in [0.4, 0.5) is 0 Å². The van der Waals surface area contributed by atoms with Crippen LogP contribution in [0.25, 0.3) is 0 Å². The van der Waals surface area contributed by atoms with Crippen molar-refractivity contribution in [3.63, 3.8) is 0 Å². The highest BCUT2D eigenvalue weighted by Gasteiger charge is 2.19. The molecule has 0 amide bonds. The summed E-state index contributed by atoms with van der Waals surface area (Å²) in [6, 6.07) is 9.49. The van der Waals surface area contributed by atoms with Crippen LogP contribution in [0.15, 0.2) is 46.0 Å². The Labute approximate surface area is 114 Å². The van der Waals surface area contributed by atoms with Gasteiger partial charge in [-0.05, 0) is 58.7 Å². The van der Waals surface area contributed by atoms with Crippen molar-refractivity contribution < 1.29 is 8.42 Å². The van der Waals surface area contributed by atoms with Crippen LogP contribution in [-0.2, 0) is 10.0 Å². The number of hydrogen-bond donors (Lipinski definition) is 0. The Morgan fingerprint density at radius 1 is 1.28 bits per heavy atom. The Kier molecular flexibility index (Phi) is 3.28. The molecule has 2 aromatic rings. The van der Waals surface area contributed by atoms with Gasteiger partial charge < -0.3 is 0 Å². The molecule has 0 aliphatic rings. The molecule has 18 heavy (non-hydrogen) atoms. The number of benzene rings is 1. The number of nitrogens with zero attached hydrogens (tertiary/aromatic N) is 2. The van der Waals surface area contributed by atoms with Gasteiger partial charge in [-0.1, -0.05) is 0 Å². The first-order chi connectivity index (χ1) is 8.45. The number of hydrogen-bond acceptors (Lipinski definition) is 3. The lowest BCUT2D eigenvalue weighted by Gasteiger charge is -2.07. The second kappa shape index (κ2) is 4.59. The molecule has 1 heterocycles. The predicted octanol–water partition coefficient (Wildman–Crippen LogP) is 2.67. The van der Waals surface area contributed by atoms with E-state index in [1.165, 1.54) is 34.4 Å². The zero-order valence-corrected chi connectivity index (χ0v) is 11.9. The van der Waals surface area contributed by atoms with Crippen molar-refractivity contribution in [2.24, 2.45) is 0 Å². The normalized spacial score (nSPS) is 11.2. The molecule has 1 aromatic carbocycles. The molecule has 0 bridgehead atoms. The maximum Gasteiger partial charge on any atom is 0.268 e. The van der Waals surface area contributed by atoms with Crippen molar-refractivity contribution in [3.8, 4) is 6.07 Å². The van der Waals surface area contributed by atoms with Gasteiger partial charge in [-0.15, -0.1) is 0 Å². The quantitative estimate of drug-likeness (QED) is 0.853. The zero-order chi connectivity index (χ0) is 13.3. The summed E-state index contributed by atoms with van der Waals surface area (Å²) in [5.74, 6) is 0. The van der Waals surface area contributed by atoms with E-state index in [0.717, 1.165) is 5.56 Å². The van der Waals surface area contributed by atoms with Gasteiger partial charge in [0.05, 0.1) is 21.1 Å². The summed E-state index contributed by atoms with van der Waals surface area (Å²) >= 11 is 3.21. The van der Waals surface area contributed by atoms with E-state index < -0.39 is 10.0 Å². The minimum absolute atomic E-state index is 0.151. The zero-order valence-electron chi connectivity index (χ0n) is 9.46. The summed E-state index contributed by atoms with van der Waals surface area (Å²) in [5.41, 5.74) is 1.27. The lowest BCUT2D eigenvalue weighted by atomic mass is 10.2. The second-order valence-corrected chi connectivity index (χ2v) is 6.40. The molecule has 0 radical (unpaired) electrons. The number of aromatic nitrogens is 1. The van der Waals surface area contributed by atoms with Crippen LogP contribution in [0.5, 0.6) is 0 Å². The maximum atomic E-state index is 12.3. The fraction of sp³-hybridized carbons (Fsp3) is 0.0833. The summed E-state index contributed by atoms with van der Waals surface area (Å²) in [7, 11) is -3.61. The molecule has 0 saturated carbocycles. The van der Waals surface area contributed by atoms with Gasteiger partial charge in [0.15, 0.2) is 0 Å². The van der Waals surface area contributed by atoms with Crippen molar-refractivity contribution >= 4 is 26.0 Å². The molecule has 4 nitrogen and oxygen atoms in total. The summed E-state index contributed by atoms with van der Waals surface area (Å²) in [5, 5.41) is 8.68. The number of halogens is 1. The molecule has 0 fully saturated rings. The smallest absolute Gasteiger partial charge is 0.235 e. The van der Waals surface area contributed by atoms with Crippen molar-refractivity contribution in [2.45, 2.75) is 11.8 Å². The number of rotatable bonds is 2. The molecule has 0 spiro atoms. The third-order valence-electron chi connectivity index (χ3n) is 2.42. The Balaban J connectivity index is 2.55. The average Bonchev–Trinajstić information content (AvgIpc) is 2.69. The van der Waals surface area contributed by atoms with Gasteiger partial charge >= 0.3 is 0 Å². The Morgan fingerprint density at radius 2 is 1.89 bits per heavy atom. The average molecular weight is 325 g/mol. The maximum absolute atomic E-state index is 12.3. The van der Waals surface area contributed by atoms with Crippen LogP contribution in [-0.4, -0.2) is 12.4 Å². The number of nitriles is 1. The van der Waals surface area contributed by atoms with Gasteiger partial charge in [0.2, 0.25) is 0 Å². The van der Waals surface area contributed by atoms with Crippen molar-refractivity contribution in [3.05, 3.63) is 52.3 Å². The highest BCUT2D eigenvalue weighted by Crippen LogP contribution is 2.22. The molecule has 0 N–H and O–H groups in total. The van der Waals surface area contributed by atoms with E-state index in [1.54, 1.807) is 6.07 Å². The second-order valence-electron chi connectivity index (χ2n) is 3.78. The molecule has 0 aliphatic carbocycles. The Hall–Kier alpha value is -1.58. The largest absolute Gasteiger partial charge is 0.268 e. The Bertz CT molecular complexity index is 724. The molecule has 1 aromatic heterocycles. The Morgan fingerprint density at radius 3 is 2.33 bits per heavy atom. The lowest BCUT2D eigenvalue weighted by molar-refractivity contribution is 0.586. The number of aryl methyl sites for hydroxylation is 1. The molecule has 0 unspecified atom stereocenters. The van der Waals surface area contributed by atoms with Gasteiger partial charge in [0, 0.05) is 6.20 Å². The van der Waals surface area contributed by atoms with Crippen LogP contribution in [0, 0.1) is 18.3 Å². The first-order valence-corrected chi connectivity index (χ1v) is 7.28. The van der Waals surface area contributed by atoms with Crippen molar-refractivity contribution in [1.29, 1.82) is 5.26 Å². The minimum Gasteiger partial charge on any atom is -0.235 e. The van der Waals surface area contributed by atoms with Gasteiger partial charge in [-0.25, -0.2) is 12.4 Å². The van der Waals surface area contributed by atoms with E-state index in [9.17, 15) is 8.42 Å². The van der Waals surface area contributed by atoms with Crippen molar-refractivity contribution in [2.75, 3.05) is 0 Å². The molecule has 6 heteroatoms. The highest BCUT2D eigenvalue weighted by atomic mass is 79.9. The molecule has 92 valence electrons. The van der Waals surface area contributed by atoms with E-state index >= 15 is 0 Å². The molecule has 0 atom stereocenters. The van der Waals surface area contributed by atoms with E-state index in [-0.39, 0.29) is 4.90 Å². The van der Waals surface area contributed by atoms with Crippen LogP contribution in [0.3, 0.4) is 0 Å². The van der Waals surface area contributed by atoms with Crippen LogP contribution in [0.1, 0.15) is 11.1 Å². The predicted molar refractivity (Wildman–Crippen MR) is 70.6 cm³/mol. The van der Waals surface area contributed by atoms with Gasteiger partial charge in [-0.2, -0.15) is 5.26 Å². The summed E-state index contributed by atoms with van der Waals surface area (Å²) in [4.78, 5) is 0.151. The van der Waals surface area contributed by atoms with E-state index in [2.05, 4.69) is 15.9 Å². The summed E-state index contributed by atoms with van der Waals surface area (Å²) in [6.45, 7) is 1.82. The van der Waals surface area contributed by atoms with Gasteiger partial charge in [-0.3, -0.25) is 0 Å². The third kappa shape index (κ3) is 2.19. The van der Waals surface area contributed by atoms with E-state index in [1.807, 2.05) is 13.0 Å². The minimum atomic E-state index is -3.61. The van der Waals surface area contributed by atoms with Crippen LogP contribution in [0.2, 0.25) is 0 Å². The van der Waals surface area contributed by atoms with E-state index in [0.29, 0.717) is 10.2 Å². The van der Waals surface area contributed by atoms with Crippen LogP contribution >= 0.6 is 15.9 Å². The highest BCUT2D eigenvalue weighted by molar-refractivity contribution is 9.10.